The average molecular weight is 350 g/mol. The molecule has 6 heteroatoms. The third-order valence-electron chi connectivity index (χ3n) is 4.31. The van der Waals surface area contributed by atoms with Crippen LogP contribution in [0.5, 0.6) is 0 Å². The maximum absolute atomic E-state index is 12.4. The van der Waals surface area contributed by atoms with Crippen LogP contribution in [0.25, 0.3) is 0 Å². The molecule has 3 N–H and O–H groups in total. The Kier molecular flexibility index (Phi) is 7.59. The summed E-state index contributed by atoms with van der Waals surface area (Å²) in [5.41, 5.74) is 5.79. The van der Waals surface area contributed by atoms with Crippen molar-refractivity contribution in [2.45, 2.75) is 31.1 Å². The summed E-state index contributed by atoms with van der Waals surface area (Å²) in [6.07, 6.45) is 3.50. The molecule has 1 fully saturated rings. The van der Waals surface area contributed by atoms with E-state index < -0.39 is 0 Å². The molecule has 0 atom stereocenters. The summed E-state index contributed by atoms with van der Waals surface area (Å²) >= 11 is 1.30. The SMILES string of the molecule is CC1CCN(CCCNC(=O)c2ccccc2SCC(N)=O)CC1. The summed E-state index contributed by atoms with van der Waals surface area (Å²) in [6.45, 7) is 6.35. The Morgan fingerprint density at radius 3 is 2.71 bits per heavy atom. The minimum atomic E-state index is -0.383. The highest BCUT2D eigenvalue weighted by Crippen LogP contribution is 2.22. The van der Waals surface area contributed by atoms with E-state index in [9.17, 15) is 9.59 Å². The highest BCUT2D eigenvalue weighted by Gasteiger charge is 2.15. The van der Waals surface area contributed by atoms with Gasteiger partial charge in [-0.1, -0.05) is 19.1 Å². The number of likely N-dealkylation sites (tertiary alicyclic amines) is 1. The quantitative estimate of drug-likeness (QED) is 0.557. The van der Waals surface area contributed by atoms with Crippen molar-refractivity contribution in [3.05, 3.63) is 29.8 Å². The molecule has 24 heavy (non-hydrogen) atoms. The number of amides is 2. The molecule has 1 aliphatic heterocycles. The monoisotopic (exact) mass is 349 g/mol. The van der Waals surface area contributed by atoms with E-state index >= 15 is 0 Å². The summed E-state index contributed by atoms with van der Waals surface area (Å²) in [5, 5.41) is 2.98. The molecule has 132 valence electrons. The molecule has 0 bridgehead atoms. The molecule has 1 aromatic carbocycles. The number of nitrogens with zero attached hydrogens (tertiary/aromatic N) is 1. The van der Waals surface area contributed by atoms with Gasteiger partial charge < -0.3 is 16.0 Å². The van der Waals surface area contributed by atoms with Crippen molar-refractivity contribution in [2.24, 2.45) is 11.7 Å². The maximum Gasteiger partial charge on any atom is 0.252 e. The molecule has 0 aromatic heterocycles. The van der Waals surface area contributed by atoms with Crippen LogP contribution in [0.2, 0.25) is 0 Å². The van der Waals surface area contributed by atoms with Gasteiger partial charge in [0.25, 0.3) is 5.91 Å². The Bertz CT molecular complexity index is 557. The summed E-state index contributed by atoms with van der Waals surface area (Å²) in [7, 11) is 0. The van der Waals surface area contributed by atoms with Crippen LogP contribution in [0, 0.1) is 5.92 Å². The topological polar surface area (TPSA) is 75.4 Å². The number of hydrogen-bond acceptors (Lipinski definition) is 4. The van der Waals surface area contributed by atoms with Crippen LogP contribution in [-0.4, -0.2) is 48.6 Å². The van der Waals surface area contributed by atoms with E-state index in [1.54, 1.807) is 6.07 Å². The zero-order valence-electron chi connectivity index (χ0n) is 14.3. The Labute approximate surface area is 148 Å². The van der Waals surface area contributed by atoms with Gasteiger partial charge >= 0.3 is 0 Å². The number of rotatable bonds is 8. The first kappa shape index (κ1) is 18.8. The van der Waals surface area contributed by atoms with Gasteiger partial charge in [0.15, 0.2) is 0 Å². The lowest BCUT2D eigenvalue weighted by Gasteiger charge is -2.30. The number of nitrogens with two attached hydrogens (primary N) is 1. The van der Waals surface area contributed by atoms with Crippen molar-refractivity contribution in [1.82, 2.24) is 10.2 Å². The van der Waals surface area contributed by atoms with Crippen LogP contribution >= 0.6 is 11.8 Å². The first-order valence-corrected chi connectivity index (χ1v) is 9.55. The molecule has 0 saturated carbocycles. The van der Waals surface area contributed by atoms with E-state index in [1.807, 2.05) is 18.2 Å². The number of hydrogen-bond donors (Lipinski definition) is 2. The van der Waals surface area contributed by atoms with E-state index in [1.165, 1.54) is 37.7 Å². The van der Waals surface area contributed by atoms with E-state index in [2.05, 4.69) is 17.1 Å². The number of primary amides is 1. The number of benzene rings is 1. The van der Waals surface area contributed by atoms with Crippen molar-refractivity contribution < 1.29 is 9.59 Å². The largest absolute Gasteiger partial charge is 0.369 e. The van der Waals surface area contributed by atoms with Crippen molar-refractivity contribution in [3.63, 3.8) is 0 Å². The van der Waals surface area contributed by atoms with Crippen LogP contribution in [0.1, 0.15) is 36.5 Å². The van der Waals surface area contributed by atoms with Gasteiger partial charge in [-0.15, -0.1) is 11.8 Å². The van der Waals surface area contributed by atoms with Crippen molar-refractivity contribution in [2.75, 3.05) is 31.9 Å². The molecular formula is C18H27N3O2S. The third-order valence-corrected chi connectivity index (χ3v) is 5.41. The van der Waals surface area contributed by atoms with Gasteiger partial charge in [0.2, 0.25) is 5.91 Å². The van der Waals surface area contributed by atoms with Gasteiger partial charge in [0.05, 0.1) is 11.3 Å². The average Bonchev–Trinajstić information content (AvgIpc) is 2.58. The highest BCUT2D eigenvalue weighted by atomic mass is 32.2. The van der Waals surface area contributed by atoms with Gasteiger partial charge in [0, 0.05) is 11.4 Å². The Hall–Kier alpha value is -1.53. The Morgan fingerprint density at radius 1 is 1.29 bits per heavy atom. The number of nitrogens with one attached hydrogen (secondary N) is 1. The molecular weight excluding hydrogens is 322 g/mol. The van der Waals surface area contributed by atoms with E-state index in [0.29, 0.717) is 12.1 Å². The molecule has 0 unspecified atom stereocenters. The van der Waals surface area contributed by atoms with Crippen LogP contribution in [-0.2, 0) is 4.79 Å². The highest BCUT2D eigenvalue weighted by molar-refractivity contribution is 8.00. The van der Waals surface area contributed by atoms with Crippen LogP contribution in [0.3, 0.4) is 0 Å². The third kappa shape index (κ3) is 6.17. The second-order valence-electron chi connectivity index (χ2n) is 6.38. The van der Waals surface area contributed by atoms with E-state index in [0.717, 1.165) is 23.8 Å². The van der Waals surface area contributed by atoms with E-state index in [-0.39, 0.29) is 17.6 Å². The fourth-order valence-electron chi connectivity index (χ4n) is 2.81. The molecule has 1 heterocycles. The second kappa shape index (κ2) is 9.69. The van der Waals surface area contributed by atoms with Crippen LogP contribution in [0.4, 0.5) is 0 Å². The minimum Gasteiger partial charge on any atom is -0.369 e. The predicted molar refractivity (Wildman–Crippen MR) is 98.1 cm³/mol. The fourth-order valence-corrected chi connectivity index (χ4v) is 3.60. The molecule has 1 aliphatic rings. The Morgan fingerprint density at radius 2 is 2.00 bits per heavy atom. The summed E-state index contributed by atoms with van der Waals surface area (Å²) in [4.78, 5) is 26.5. The van der Waals surface area contributed by atoms with Gasteiger partial charge in [0.1, 0.15) is 0 Å². The first-order valence-electron chi connectivity index (χ1n) is 8.57. The molecule has 5 nitrogen and oxygen atoms in total. The maximum atomic E-state index is 12.4. The first-order chi connectivity index (χ1) is 11.6. The zero-order valence-corrected chi connectivity index (χ0v) is 15.1. The van der Waals surface area contributed by atoms with Crippen molar-refractivity contribution in [3.8, 4) is 0 Å². The molecule has 2 rings (SSSR count). The normalized spacial score (nSPS) is 16.0. The second-order valence-corrected chi connectivity index (χ2v) is 7.40. The number of thioether (sulfide) groups is 1. The fraction of sp³-hybridized carbons (Fsp3) is 0.556. The summed E-state index contributed by atoms with van der Waals surface area (Å²) < 4.78 is 0. The number of piperidine rings is 1. The molecule has 1 aromatic rings. The van der Waals surface area contributed by atoms with Crippen LogP contribution in [0.15, 0.2) is 29.2 Å². The van der Waals surface area contributed by atoms with Gasteiger partial charge in [-0.05, 0) is 56.9 Å². The molecule has 2 amide bonds. The minimum absolute atomic E-state index is 0.0881. The lowest BCUT2D eigenvalue weighted by molar-refractivity contribution is -0.115. The van der Waals surface area contributed by atoms with Gasteiger partial charge in [-0.25, -0.2) is 0 Å². The lowest BCUT2D eigenvalue weighted by Crippen LogP contribution is -2.35. The summed E-state index contributed by atoms with van der Waals surface area (Å²) in [6, 6.07) is 7.32. The zero-order chi connectivity index (χ0) is 17.4. The number of carbonyl (C=O) groups excluding carboxylic acids is 2. The Balaban J connectivity index is 1.75. The van der Waals surface area contributed by atoms with E-state index in [4.69, 9.17) is 5.73 Å². The van der Waals surface area contributed by atoms with Gasteiger partial charge in [-0.2, -0.15) is 0 Å². The smallest absolute Gasteiger partial charge is 0.252 e. The summed E-state index contributed by atoms with van der Waals surface area (Å²) in [5.74, 6) is 0.550. The molecule has 0 spiro atoms. The standard InChI is InChI=1S/C18H27N3O2S/c1-14-7-11-21(12-8-14)10-4-9-20-18(23)15-5-2-3-6-16(15)24-13-17(19)22/h2-3,5-6,14H,4,7-13H2,1H3,(H2,19,22)(H,20,23). The lowest BCUT2D eigenvalue weighted by atomic mass is 9.99. The molecule has 0 aliphatic carbocycles. The predicted octanol–water partition coefficient (Wildman–Crippen LogP) is 2.12. The molecule has 1 saturated heterocycles. The van der Waals surface area contributed by atoms with Gasteiger partial charge in [-0.3, -0.25) is 9.59 Å². The van der Waals surface area contributed by atoms with Crippen molar-refractivity contribution in [1.29, 1.82) is 0 Å². The number of carbonyl (C=O) groups is 2. The van der Waals surface area contributed by atoms with Crippen LogP contribution < -0.4 is 11.1 Å². The molecule has 0 radical (unpaired) electrons. The van der Waals surface area contributed by atoms with Crippen molar-refractivity contribution >= 4 is 23.6 Å².